The number of rotatable bonds is 6. The first-order valence-corrected chi connectivity index (χ1v) is 5.87. The van der Waals surface area contributed by atoms with Gasteiger partial charge in [0.25, 0.3) is 0 Å². The molecule has 0 aliphatic heterocycles. The van der Waals surface area contributed by atoms with Crippen LogP contribution in [0.1, 0.15) is 25.8 Å². The van der Waals surface area contributed by atoms with E-state index in [4.69, 9.17) is 10.5 Å². The lowest BCUT2D eigenvalue weighted by Crippen LogP contribution is -2.18. The molecule has 0 saturated heterocycles. The maximum atomic E-state index is 13.7. The Hall–Kier alpha value is -1.35. The van der Waals surface area contributed by atoms with Crippen molar-refractivity contribution in [3.05, 3.63) is 41.7 Å². The van der Waals surface area contributed by atoms with Crippen LogP contribution in [0.5, 0.6) is 5.75 Å². The molecule has 0 bridgehead atoms. The molecule has 17 heavy (non-hydrogen) atoms. The first-order chi connectivity index (χ1) is 8.04. The van der Waals surface area contributed by atoms with Crippen molar-refractivity contribution in [2.24, 2.45) is 5.73 Å². The van der Waals surface area contributed by atoms with Gasteiger partial charge in [-0.2, -0.15) is 0 Å². The smallest absolute Gasteiger partial charge is 0.165 e. The minimum absolute atomic E-state index is 0.0199. The highest BCUT2D eigenvalue weighted by atomic mass is 19.1. The van der Waals surface area contributed by atoms with Gasteiger partial charge in [0.05, 0.1) is 0 Å². The zero-order chi connectivity index (χ0) is 12.8. The summed E-state index contributed by atoms with van der Waals surface area (Å²) in [4.78, 5) is 0. The van der Waals surface area contributed by atoms with Gasteiger partial charge in [-0.3, -0.25) is 0 Å². The van der Waals surface area contributed by atoms with E-state index in [1.165, 1.54) is 6.07 Å². The van der Waals surface area contributed by atoms with E-state index in [2.05, 4.69) is 6.58 Å². The monoisotopic (exact) mass is 237 g/mol. The van der Waals surface area contributed by atoms with Crippen molar-refractivity contribution in [2.45, 2.75) is 32.7 Å². The first-order valence-electron chi connectivity index (χ1n) is 5.87. The molecule has 0 aromatic heterocycles. The van der Waals surface area contributed by atoms with Crippen LogP contribution in [-0.2, 0) is 6.42 Å². The molecule has 2 nitrogen and oxygen atoms in total. The first kappa shape index (κ1) is 13.7. The second kappa shape index (κ2) is 6.40. The topological polar surface area (TPSA) is 35.2 Å². The summed E-state index contributed by atoms with van der Waals surface area (Å²) in [5.74, 6) is -0.0357. The van der Waals surface area contributed by atoms with Crippen LogP contribution in [0.2, 0.25) is 0 Å². The van der Waals surface area contributed by atoms with E-state index in [-0.39, 0.29) is 11.9 Å². The van der Waals surface area contributed by atoms with Crippen molar-refractivity contribution in [2.75, 3.05) is 6.61 Å². The summed E-state index contributed by atoms with van der Waals surface area (Å²) in [5, 5.41) is 0. The van der Waals surface area contributed by atoms with Gasteiger partial charge in [0.2, 0.25) is 0 Å². The Morgan fingerprint density at radius 3 is 2.82 bits per heavy atom. The van der Waals surface area contributed by atoms with Crippen molar-refractivity contribution in [3.63, 3.8) is 0 Å². The molecule has 0 heterocycles. The van der Waals surface area contributed by atoms with Gasteiger partial charge in [0, 0.05) is 6.04 Å². The van der Waals surface area contributed by atoms with Gasteiger partial charge in [0.1, 0.15) is 6.61 Å². The summed E-state index contributed by atoms with van der Waals surface area (Å²) < 4.78 is 19.2. The number of benzene rings is 1. The number of ether oxygens (including phenoxy) is 1. The van der Waals surface area contributed by atoms with E-state index >= 15 is 0 Å². The summed E-state index contributed by atoms with van der Waals surface area (Å²) in [6.07, 6.45) is 1.43. The summed E-state index contributed by atoms with van der Waals surface area (Å²) in [5.41, 5.74) is 7.48. The number of halogens is 1. The van der Waals surface area contributed by atoms with Crippen LogP contribution in [0.25, 0.3) is 0 Å². The van der Waals surface area contributed by atoms with E-state index in [0.717, 1.165) is 17.6 Å². The van der Waals surface area contributed by atoms with Crippen molar-refractivity contribution in [1.29, 1.82) is 0 Å². The fraction of sp³-hybridized carbons (Fsp3) is 0.429. The van der Waals surface area contributed by atoms with Gasteiger partial charge >= 0.3 is 0 Å². The minimum atomic E-state index is -0.341. The van der Waals surface area contributed by atoms with E-state index in [1.54, 1.807) is 6.07 Å². The van der Waals surface area contributed by atoms with Gasteiger partial charge < -0.3 is 10.5 Å². The van der Waals surface area contributed by atoms with Gasteiger partial charge in [-0.25, -0.2) is 4.39 Å². The van der Waals surface area contributed by atoms with Crippen LogP contribution in [0.4, 0.5) is 4.39 Å². The third-order valence-electron chi connectivity index (χ3n) is 2.51. The minimum Gasteiger partial charge on any atom is -0.486 e. The normalized spacial score (nSPS) is 12.2. The molecule has 0 spiro atoms. The molecule has 1 rings (SSSR count). The van der Waals surface area contributed by atoms with Crippen molar-refractivity contribution >= 4 is 0 Å². The fourth-order valence-electron chi connectivity index (χ4n) is 1.50. The van der Waals surface area contributed by atoms with Crippen molar-refractivity contribution < 1.29 is 9.13 Å². The fourth-order valence-corrected chi connectivity index (χ4v) is 1.50. The van der Waals surface area contributed by atoms with Crippen molar-refractivity contribution in [1.82, 2.24) is 0 Å². The van der Waals surface area contributed by atoms with Gasteiger partial charge in [0.15, 0.2) is 11.6 Å². The standard InChI is InChI=1S/C14H20FNO/c1-4-10(2)9-17-14-12(8-11(3)16)6-5-7-13(14)15/h5-7,11H,2,4,8-9,16H2,1,3H3. The Morgan fingerprint density at radius 2 is 2.24 bits per heavy atom. The Balaban J connectivity index is 2.83. The zero-order valence-corrected chi connectivity index (χ0v) is 10.5. The predicted molar refractivity (Wildman–Crippen MR) is 68.7 cm³/mol. The molecule has 0 saturated carbocycles. The average molecular weight is 237 g/mol. The maximum absolute atomic E-state index is 13.7. The van der Waals surface area contributed by atoms with Crippen LogP contribution in [0, 0.1) is 5.82 Å². The highest BCUT2D eigenvalue weighted by Crippen LogP contribution is 2.24. The third kappa shape index (κ3) is 4.19. The predicted octanol–water partition coefficient (Wildman–Crippen LogP) is 3.06. The lowest BCUT2D eigenvalue weighted by Gasteiger charge is -2.14. The Labute approximate surface area is 102 Å². The third-order valence-corrected chi connectivity index (χ3v) is 2.51. The van der Waals surface area contributed by atoms with Gasteiger partial charge in [-0.15, -0.1) is 0 Å². The number of hydrogen-bond acceptors (Lipinski definition) is 2. The maximum Gasteiger partial charge on any atom is 0.165 e. The lowest BCUT2D eigenvalue weighted by molar-refractivity contribution is 0.325. The number of para-hydroxylation sites is 1. The van der Waals surface area contributed by atoms with Crippen LogP contribution < -0.4 is 10.5 Å². The van der Waals surface area contributed by atoms with Gasteiger partial charge in [-0.05, 0) is 37.0 Å². The molecule has 1 aromatic rings. The van der Waals surface area contributed by atoms with E-state index in [9.17, 15) is 4.39 Å². The van der Waals surface area contributed by atoms with Crippen LogP contribution in [0.15, 0.2) is 30.4 Å². The molecule has 0 amide bonds. The molecule has 2 N–H and O–H groups in total. The lowest BCUT2D eigenvalue weighted by atomic mass is 10.1. The molecule has 0 fully saturated rings. The van der Waals surface area contributed by atoms with Gasteiger partial charge in [-0.1, -0.05) is 25.6 Å². The molecule has 0 aliphatic carbocycles. The Kier molecular flexibility index (Phi) is 5.16. The SMILES string of the molecule is C=C(CC)COc1c(F)cccc1CC(C)N. The van der Waals surface area contributed by atoms with Crippen LogP contribution >= 0.6 is 0 Å². The summed E-state index contributed by atoms with van der Waals surface area (Å²) >= 11 is 0. The molecule has 3 heteroatoms. The summed E-state index contributed by atoms with van der Waals surface area (Å²) in [6.45, 7) is 8.07. The van der Waals surface area contributed by atoms with E-state index in [1.807, 2.05) is 19.9 Å². The molecular weight excluding hydrogens is 217 g/mol. The Morgan fingerprint density at radius 1 is 1.53 bits per heavy atom. The second-order valence-electron chi connectivity index (χ2n) is 4.30. The highest BCUT2D eigenvalue weighted by Gasteiger charge is 2.11. The van der Waals surface area contributed by atoms with E-state index in [0.29, 0.717) is 18.8 Å². The summed E-state index contributed by atoms with van der Waals surface area (Å²) in [6, 6.07) is 4.90. The zero-order valence-electron chi connectivity index (χ0n) is 10.5. The molecule has 94 valence electrons. The summed E-state index contributed by atoms with van der Waals surface area (Å²) in [7, 11) is 0. The number of nitrogens with two attached hydrogens (primary N) is 1. The molecule has 1 aromatic carbocycles. The molecule has 1 unspecified atom stereocenters. The molecule has 0 aliphatic rings. The second-order valence-corrected chi connectivity index (χ2v) is 4.30. The quantitative estimate of drug-likeness (QED) is 0.772. The highest BCUT2D eigenvalue weighted by molar-refractivity contribution is 5.35. The Bertz CT molecular complexity index is 388. The van der Waals surface area contributed by atoms with E-state index < -0.39 is 0 Å². The molecule has 1 atom stereocenters. The van der Waals surface area contributed by atoms with Crippen molar-refractivity contribution in [3.8, 4) is 5.75 Å². The average Bonchev–Trinajstić information content (AvgIpc) is 2.27. The largest absolute Gasteiger partial charge is 0.486 e. The van der Waals surface area contributed by atoms with Crippen LogP contribution in [0.3, 0.4) is 0 Å². The molecular formula is C14H20FNO. The molecule has 0 radical (unpaired) electrons. The van der Waals surface area contributed by atoms with Crippen LogP contribution in [-0.4, -0.2) is 12.6 Å². The number of hydrogen-bond donors (Lipinski definition) is 1.